The summed E-state index contributed by atoms with van der Waals surface area (Å²) in [6, 6.07) is 15.0. The van der Waals surface area contributed by atoms with Crippen LogP contribution in [0.5, 0.6) is 0 Å². The number of nitrogens with zero attached hydrogens (tertiary/aromatic N) is 2. The third-order valence-corrected chi connectivity index (χ3v) is 6.90. The number of hydrogen-bond donors (Lipinski definition) is 2. The van der Waals surface area contributed by atoms with E-state index < -0.39 is 5.60 Å². The lowest BCUT2D eigenvalue weighted by atomic mass is 9.96. The number of aromatic nitrogens is 1. The van der Waals surface area contributed by atoms with Gasteiger partial charge in [-0.3, -0.25) is 4.79 Å². The van der Waals surface area contributed by atoms with Crippen molar-refractivity contribution in [3.8, 4) is 11.3 Å². The molecule has 0 saturated carbocycles. The number of aromatic amines is 1. The minimum atomic E-state index is -0.914. The fourth-order valence-electron chi connectivity index (χ4n) is 4.47. The second-order valence-corrected chi connectivity index (χ2v) is 10.3. The number of piperazine rings is 1. The Morgan fingerprint density at radius 2 is 1.86 bits per heavy atom. The molecule has 2 aromatic carbocycles. The van der Waals surface area contributed by atoms with Crippen molar-refractivity contribution in [2.45, 2.75) is 45.8 Å². The van der Waals surface area contributed by atoms with Crippen LogP contribution in [-0.4, -0.2) is 64.2 Å². The largest absolute Gasteiger partial charge is 0.449 e. The molecule has 0 aliphatic carbocycles. The molecular weight excluding hydrogens is 474 g/mol. The number of nitrogens with one attached hydrogen (secondary N) is 1. The quantitative estimate of drug-likeness (QED) is 0.447. The van der Waals surface area contributed by atoms with Crippen molar-refractivity contribution in [2.24, 2.45) is 0 Å². The van der Waals surface area contributed by atoms with Crippen LogP contribution in [-0.2, 0) is 10.3 Å². The van der Waals surface area contributed by atoms with Crippen molar-refractivity contribution in [1.29, 1.82) is 0 Å². The first kappa shape index (κ1) is 25.9. The number of hydrogen-bond acceptors (Lipinski definition) is 5. The second kappa shape index (κ2) is 10.4. The summed E-state index contributed by atoms with van der Waals surface area (Å²) in [6.45, 7) is 9.13. The van der Waals surface area contributed by atoms with Crippen molar-refractivity contribution in [3.05, 3.63) is 64.2 Å². The molecule has 2 amide bonds. The molecule has 0 radical (unpaired) electrons. The number of ether oxygens (including phenoxy) is 1. The van der Waals surface area contributed by atoms with Gasteiger partial charge in [0.05, 0.1) is 12.2 Å². The molecule has 36 heavy (non-hydrogen) atoms. The number of fused-ring (bicyclic) bond motifs is 1. The van der Waals surface area contributed by atoms with Crippen LogP contribution in [0.3, 0.4) is 0 Å². The van der Waals surface area contributed by atoms with Gasteiger partial charge in [-0.15, -0.1) is 0 Å². The molecule has 0 unspecified atom stereocenters. The van der Waals surface area contributed by atoms with Gasteiger partial charge in [0.2, 0.25) is 0 Å². The predicted molar refractivity (Wildman–Crippen MR) is 144 cm³/mol. The Morgan fingerprint density at radius 1 is 1.14 bits per heavy atom. The average molecular weight is 508 g/mol. The lowest BCUT2D eigenvalue weighted by molar-refractivity contribution is 0.0412. The summed E-state index contributed by atoms with van der Waals surface area (Å²) in [4.78, 5) is 32.5. The van der Waals surface area contributed by atoms with Gasteiger partial charge in [0.25, 0.3) is 5.91 Å². The monoisotopic (exact) mass is 507 g/mol. The van der Waals surface area contributed by atoms with Gasteiger partial charge >= 0.3 is 6.09 Å². The molecule has 8 heteroatoms. The lowest BCUT2D eigenvalue weighted by Gasteiger charge is -2.39. The van der Waals surface area contributed by atoms with Crippen LogP contribution < -0.4 is 0 Å². The number of H-pyrrole nitrogens is 1. The summed E-state index contributed by atoms with van der Waals surface area (Å²) < 4.78 is 5.96. The van der Waals surface area contributed by atoms with Crippen LogP contribution in [0.1, 0.15) is 50.0 Å². The minimum Gasteiger partial charge on any atom is -0.449 e. The maximum Gasteiger partial charge on any atom is 0.410 e. The van der Waals surface area contributed by atoms with Crippen LogP contribution in [0.4, 0.5) is 4.79 Å². The van der Waals surface area contributed by atoms with Crippen LogP contribution in [0, 0.1) is 4.51 Å². The molecule has 0 spiro atoms. The zero-order valence-corrected chi connectivity index (χ0v) is 22.0. The summed E-state index contributed by atoms with van der Waals surface area (Å²) in [6.07, 6.45) is 0.454. The van der Waals surface area contributed by atoms with E-state index >= 15 is 0 Å². The lowest BCUT2D eigenvalue weighted by Crippen LogP contribution is -2.55. The zero-order valence-electron chi connectivity index (χ0n) is 21.2. The molecule has 1 aliphatic heterocycles. The summed E-state index contributed by atoms with van der Waals surface area (Å²) >= 11 is 5.64. The van der Waals surface area contributed by atoms with Crippen LogP contribution in [0.25, 0.3) is 22.2 Å². The number of amides is 2. The van der Waals surface area contributed by atoms with E-state index in [1.54, 1.807) is 29.7 Å². The molecule has 1 aromatic heterocycles. The Kier molecular flexibility index (Phi) is 7.47. The number of carbonyl (C=O) groups is 2. The van der Waals surface area contributed by atoms with E-state index in [0.29, 0.717) is 36.3 Å². The Morgan fingerprint density at radius 3 is 2.50 bits per heavy atom. The number of aliphatic hydroxyl groups is 1. The molecule has 2 N–H and O–H groups in total. The van der Waals surface area contributed by atoms with E-state index in [2.05, 4.69) is 4.98 Å². The number of benzene rings is 2. The Labute approximate surface area is 216 Å². The molecule has 1 atom stereocenters. The number of pyridine rings is 1. The van der Waals surface area contributed by atoms with Gasteiger partial charge in [0.1, 0.15) is 0 Å². The first-order valence-electron chi connectivity index (χ1n) is 12.3. The van der Waals surface area contributed by atoms with E-state index in [4.69, 9.17) is 17.0 Å². The maximum atomic E-state index is 13.3. The fourth-order valence-corrected chi connectivity index (χ4v) is 4.76. The number of rotatable bonds is 5. The van der Waals surface area contributed by atoms with Crippen molar-refractivity contribution < 1.29 is 19.4 Å². The van der Waals surface area contributed by atoms with Crippen molar-refractivity contribution in [1.82, 2.24) is 14.8 Å². The SMILES string of the molecule is CCCOC(=O)N1CCN(C(=O)c2ccc3c(=S)cc(-c4ccc(C(C)(C)O)cc4)[nH]c3c2)C[C@H]1C. The summed E-state index contributed by atoms with van der Waals surface area (Å²) in [5.74, 6) is -0.0791. The highest BCUT2D eigenvalue weighted by molar-refractivity contribution is 7.71. The summed E-state index contributed by atoms with van der Waals surface area (Å²) in [5.41, 5.74) is 3.04. The standard InChI is InChI=1S/C28H33N3O4S/c1-5-14-35-27(33)31-13-12-30(17-18(31)2)26(32)20-8-11-22-24(15-20)29-23(16-25(22)36)19-6-9-21(10-7-19)28(3,4)34/h6-11,15-16,18,34H,5,12-14,17H2,1-4H3,(H,29,36)/t18-/m1/s1. The van der Waals surface area contributed by atoms with Gasteiger partial charge in [-0.2, -0.15) is 0 Å². The molecule has 3 aromatic rings. The van der Waals surface area contributed by atoms with Gasteiger partial charge in [0, 0.05) is 52.3 Å². The van der Waals surface area contributed by atoms with Gasteiger partial charge in [-0.05, 0) is 56.5 Å². The van der Waals surface area contributed by atoms with Crippen LogP contribution in [0.2, 0.25) is 0 Å². The average Bonchev–Trinajstić information content (AvgIpc) is 2.86. The topological polar surface area (TPSA) is 85.9 Å². The van der Waals surface area contributed by atoms with Crippen LogP contribution >= 0.6 is 12.2 Å². The molecule has 0 bridgehead atoms. The van der Waals surface area contributed by atoms with Crippen LogP contribution in [0.15, 0.2) is 48.5 Å². The minimum absolute atomic E-state index is 0.0791. The van der Waals surface area contributed by atoms with Crippen molar-refractivity contribution in [3.63, 3.8) is 0 Å². The third-order valence-electron chi connectivity index (χ3n) is 6.56. The van der Waals surface area contributed by atoms with Gasteiger partial charge in [-0.1, -0.05) is 49.5 Å². The van der Waals surface area contributed by atoms with E-state index in [9.17, 15) is 14.7 Å². The van der Waals surface area contributed by atoms with E-state index in [0.717, 1.165) is 34.1 Å². The third kappa shape index (κ3) is 5.44. The van der Waals surface area contributed by atoms with Crippen molar-refractivity contribution in [2.75, 3.05) is 26.2 Å². The fraction of sp³-hybridized carbons (Fsp3) is 0.393. The van der Waals surface area contributed by atoms with E-state index in [1.807, 2.05) is 56.3 Å². The zero-order chi connectivity index (χ0) is 26.0. The predicted octanol–water partition coefficient (Wildman–Crippen LogP) is 5.48. The molecule has 1 saturated heterocycles. The second-order valence-electron chi connectivity index (χ2n) is 9.85. The van der Waals surface area contributed by atoms with E-state index in [-0.39, 0.29) is 18.0 Å². The Hall–Kier alpha value is -3.23. The van der Waals surface area contributed by atoms with Gasteiger partial charge in [0.15, 0.2) is 0 Å². The first-order valence-corrected chi connectivity index (χ1v) is 12.7. The van der Waals surface area contributed by atoms with E-state index in [1.165, 1.54) is 0 Å². The smallest absolute Gasteiger partial charge is 0.410 e. The van der Waals surface area contributed by atoms with Gasteiger partial charge < -0.3 is 24.6 Å². The highest BCUT2D eigenvalue weighted by atomic mass is 32.1. The van der Waals surface area contributed by atoms with Gasteiger partial charge in [-0.25, -0.2) is 4.79 Å². The summed E-state index contributed by atoms with van der Waals surface area (Å²) in [5, 5.41) is 11.1. The molecular formula is C28H33N3O4S. The molecule has 7 nitrogen and oxygen atoms in total. The normalized spacial score (nSPS) is 16.3. The number of carbonyl (C=O) groups excluding carboxylic acids is 2. The maximum absolute atomic E-state index is 13.3. The molecule has 4 rings (SSSR count). The Bertz CT molecular complexity index is 1330. The molecule has 1 fully saturated rings. The van der Waals surface area contributed by atoms with Crippen molar-refractivity contribution >= 4 is 35.1 Å². The highest BCUT2D eigenvalue weighted by Crippen LogP contribution is 2.27. The molecule has 1 aliphatic rings. The summed E-state index contributed by atoms with van der Waals surface area (Å²) in [7, 11) is 0. The first-order chi connectivity index (χ1) is 17.1. The molecule has 190 valence electrons. The Balaban J connectivity index is 1.56. The molecule has 2 heterocycles. The highest BCUT2D eigenvalue weighted by Gasteiger charge is 2.31.